The summed E-state index contributed by atoms with van der Waals surface area (Å²) in [6.45, 7) is 8.32. The minimum atomic E-state index is -0.300. The molecule has 0 radical (unpaired) electrons. The van der Waals surface area contributed by atoms with Gasteiger partial charge < -0.3 is 15.5 Å². The molecule has 1 aromatic heterocycles. The summed E-state index contributed by atoms with van der Waals surface area (Å²) in [5.74, 6) is 1.42. The van der Waals surface area contributed by atoms with E-state index in [-0.39, 0.29) is 11.3 Å². The van der Waals surface area contributed by atoms with Crippen LogP contribution in [0.15, 0.2) is 10.4 Å². The van der Waals surface area contributed by atoms with E-state index in [4.69, 9.17) is 0 Å². The van der Waals surface area contributed by atoms with Crippen molar-refractivity contribution in [3.63, 3.8) is 0 Å². The van der Waals surface area contributed by atoms with Crippen LogP contribution in [-0.4, -0.2) is 48.9 Å². The van der Waals surface area contributed by atoms with Crippen molar-refractivity contribution in [1.29, 1.82) is 0 Å². The Morgan fingerprint density at radius 2 is 2.04 bits per heavy atom. The first-order valence-electron chi connectivity index (χ1n) is 9.56. The van der Waals surface area contributed by atoms with E-state index in [1.807, 2.05) is 21.0 Å². The first kappa shape index (κ1) is 20.7. The van der Waals surface area contributed by atoms with Gasteiger partial charge in [-0.2, -0.15) is 0 Å². The number of carbonyl (C=O) groups excluding carboxylic acids is 1. The molecular formula is C19H33N5OS. The molecular weight excluding hydrogens is 346 g/mol. The van der Waals surface area contributed by atoms with Crippen LogP contribution in [0, 0.1) is 5.41 Å². The molecule has 0 saturated heterocycles. The molecule has 0 aromatic carbocycles. The molecule has 2 rings (SSSR count). The normalized spacial score (nSPS) is 16.8. The van der Waals surface area contributed by atoms with Crippen molar-refractivity contribution >= 4 is 23.2 Å². The maximum Gasteiger partial charge on any atom is 0.230 e. The van der Waals surface area contributed by atoms with Gasteiger partial charge in [0.1, 0.15) is 5.01 Å². The average Bonchev–Trinajstić information content (AvgIpc) is 3.26. The smallest absolute Gasteiger partial charge is 0.230 e. The largest absolute Gasteiger partial charge is 0.357 e. The van der Waals surface area contributed by atoms with E-state index in [2.05, 4.69) is 39.8 Å². The van der Waals surface area contributed by atoms with E-state index in [0.29, 0.717) is 19.0 Å². The number of hydrogen-bond donors (Lipinski definition) is 2. The van der Waals surface area contributed by atoms with Crippen LogP contribution in [0.4, 0.5) is 0 Å². The summed E-state index contributed by atoms with van der Waals surface area (Å²) < 4.78 is 0. The Morgan fingerprint density at radius 1 is 1.35 bits per heavy atom. The average molecular weight is 380 g/mol. The molecule has 1 fully saturated rings. The van der Waals surface area contributed by atoms with E-state index in [1.54, 1.807) is 16.2 Å². The lowest BCUT2D eigenvalue weighted by atomic mass is 9.84. The van der Waals surface area contributed by atoms with Gasteiger partial charge in [0.05, 0.1) is 17.7 Å². The third kappa shape index (κ3) is 5.19. The van der Waals surface area contributed by atoms with Gasteiger partial charge in [0.25, 0.3) is 0 Å². The van der Waals surface area contributed by atoms with Gasteiger partial charge in [0, 0.05) is 32.6 Å². The minimum Gasteiger partial charge on any atom is -0.357 e. The van der Waals surface area contributed by atoms with Crippen molar-refractivity contribution in [3.8, 4) is 0 Å². The molecule has 0 bridgehead atoms. The van der Waals surface area contributed by atoms with Crippen molar-refractivity contribution in [2.45, 2.75) is 58.9 Å². The zero-order chi connectivity index (χ0) is 19.2. The summed E-state index contributed by atoms with van der Waals surface area (Å²) in [5, 5.41) is 9.82. The zero-order valence-electron chi connectivity index (χ0n) is 16.8. The number of rotatable bonds is 7. The van der Waals surface area contributed by atoms with E-state index in [9.17, 15) is 4.79 Å². The van der Waals surface area contributed by atoms with Gasteiger partial charge in [-0.3, -0.25) is 4.79 Å². The molecule has 0 spiro atoms. The molecule has 6 nitrogen and oxygen atoms in total. The molecule has 1 aliphatic carbocycles. The molecule has 1 amide bonds. The summed E-state index contributed by atoms with van der Waals surface area (Å²) in [7, 11) is 3.69. The fourth-order valence-corrected chi connectivity index (χ4v) is 4.28. The highest BCUT2D eigenvalue weighted by Crippen LogP contribution is 2.38. The van der Waals surface area contributed by atoms with Crippen molar-refractivity contribution in [1.82, 2.24) is 20.5 Å². The number of hydrogen-bond acceptors (Lipinski definition) is 4. The van der Waals surface area contributed by atoms with Crippen molar-refractivity contribution in [2.75, 3.05) is 27.2 Å². The number of amides is 1. The summed E-state index contributed by atoms with van der Waals surface area (Å²) in [6, 6.07) is 0. The highest BCUT2D eigenvalue weighted by atomic mass is 32.1. The van der Waals surface area contributed by atoms with Gasteiger partial charge in [-0.1, -0.05) is 26.7 Å². The molecule has 0 unspecified atom stereocenters. The molecule has 146 valence electrons. The second kappa shape index (κ2) is 9.35. The van der Waals surface area contributed by atoms with Gasteiger partial charge in [-0.25, -0.2) is 9.98 Å². The van der Waals surface area contributed by atoms with Crippen LogP contribution in [0.25, 0.3) is 0 Å². The fourth-order valence-electron chi connectivity index (χ4n) is 3.40. The Balaban J connectivity index is 2.02. The van der Waals surface area contributed by atoms with Gasteiger partial charge in [0.15, 0.2) is 5.96 Å². The fraction of sp³-hybridized carbons (Fsp3) is 0.737. The van der Waals surface area contributed by atoms with Crippen LogP contribution in [0.3, 0.4) is 0 Å². The molecule has 0 aliphatic heterocycles. The van der Waals surface area contributed by atoms with Crippen LogP contribution < -0.4 is 10.6 Å². The van der Waals surface area contributed by atoms with E-state index >= 15 is 0 Å². The van der Waals surface area contributed by atoms with Gasteiger partial charge >= 0.3 is 0 Å². The number of thiazole rings is 1. The van der Waals surface area contributed by atoms with Gasteiger partial charge in [-0.15, -0.1) is 11.3 Å². The number of aromatic nitrogens is 1. The first-order chi connectivity index (χ1) is 12.4. The summed E-state index contributed by atoms with van der Waals surface area (Å²) in [4.78, 5) is 23.7. The molecule has 1 heterocycles. The Morgan fingerprint density at radius 3 is 2.58 bits per heavy atom. The Kier molecular flexibility index (Phi) is 7.43. The van der Waals surface area contributed by atoms with Crippen LogP contribution >= 0.6 is 11.3 Å². The molecule has 1 aliphatic rings. The quantitative estimate of drug-likeness (QED) is 0.564. The Bertz CT molecular complexity index is 617. The molecule has 1 aromatic rings. The lowest BCUT2D eigenvalue weighted by Crippen LogP contribution is -2.49. The van der Waals surface area contributed by atoms with Crippen molar-refractivity contribution in [2.24, 2.45) is 10.4 Å². The Hall–Kier alpha value is -1.63. The monoisotopic (exact) mass is 379 g/mol. The van der Waals surface area contributed by atoms with Crippen LogP contribution in [0.5, 0.6) is 0 Å². The first-order valence-corrected chi connectivity index (χ1v) is 10.4. The standard InChI is InChI=1S/C19H33N5OS/c1-6-20-18(21-11-16-23-15(12-26-16)14(2)3)22-13-19(9-7-8-10-19)17(25)24(4)5/h12,14H,6-11,13H2,1-5H3,(H2,20,21,22). The number of nitrogens with one attached hydrogen (secondary N) is 2. The van der Waals surface area contributed by atoms with Gasteiger partial charge in [0.2, 0.25) is 5.91 Å². The third-order valence-corrected chi connectivity index (χ3v) is 5.74. The highest BCUT2D eigenvalue weighted by Gasteiger charge is 2.42. The molecule has 0 atom stereocenters. The maximum atomic E-state index is 12.7. The molecule has 26 heavy (non-hydrogen) atoms. The van der Waals surface area contributed by atoms with Gasteiger partial charge in [-0.05, 0) is 25.7 Å². The summed E-state index contributed by atoms with van der Waals surface area (Å²) in [5.41, 5.74) is 0.825. The number of aliphatic imine (C=N–C) groups is 1. The number of guanidine groups is 1. The van der Waals surface area contributed by atoms with Crippen molar-refractivity contribution in [3.05, 3.63) is 16.1 Å². The van der Waals surface area contributed by atoms with E-state index in [1.165, 1.54) is 0 Å². The topological polar surface area (TPSA) is 69.6 Å². The second-order valence-electron chi connectivity index (χ2n) is 7.56. The Labute approximate surface area is 161 Å². The zero-order valence-corrected chi connectivity index (χ0v) is 17.6. The van der Waals surface area contributed by atoms with Crippen LogP contribution in [0.1, 0.15) is 63.1 Å². The highest BCUT2D eigenvalue weighted by molar-refractivity contribution is 7.09. The third-order valence-electron chi connectivity index (χ3n) is 4.89. The predicted molar refractivity (Wildman–Crippen MR) is 109 cm³/mol. The lowest BCUT2D eigenvalue weighted by Gasteiger charge is -2.31. The molecule has 2 N–H and O–H groups in total. The molecule has 7 heteroatoms. The van der Waals surface area contributed by atoms with E-state index < -0.39 is 0 Å². The SMILES string of the molecule is CCNC(=NCc1nc(C(C)C)cs1)NCC1(C(=O)N(C)C)CCCC1. The number of nitrogens with zero attached hydrogens (tertiary/aromatic N) is 3. The minimum absolute atomic E-state index is 0.222. The lowest BCUT2D eigenvalue weighted by molar-refractivity contribution is -0.138. The summed E-state index contributed by atoms with van der Waals surface area (Å²) in [6.07, 6.45) is 4.12. The maximum absolute atomic E-state index is 12.7. The predicted octanol–water partition coefficient (Wildman–Crippen LogP) is 2.97. The number of carbonyl (C=O) groups is 1. The molecule has 1 saturated carbocycles. The van der Waals surface area contributed by atoms with Crippen molar-refractivity contribution < 1.29 is 4.79 Å². The second-order valence-corrected chi connectivity index (χ2v) is 8.50. The van der Waals surface area contributed by atoms with Crippen LogP contribution in [-0.2, 0) is 11.3 Å². The van der Waals surface area contributed by atoms with Crippen LogP contribution in [0.2, 0.25) is 0 Å². The van der Waals surface area contributed by atoms with E-state index in [0.717, 1.165) is 48.9 Å². The summed E-state index contributed by atoms with van der Waals surface area (Å²) >= 11 is 1.65.